The minimum Gasteiger partial charge on any atom is -0.192 e. The number of benzene rings is 5. The third-order valence-electron chi connectivity index (χ3n) is 7.91. The van der Waals surface area contributed by atoms with Gasteiger partial charge in [-0.1, -0.05) is 91.0 Å². The maximum absolute atomic E-state index is 9.95. The highest BCUT2D eigenvalue weighted by Crippen LogP contribution is 2.49. The molecule has 7 rings (SSSR count). The third kappa shape index (κ3) is 3.10. The average Bonchev–Trinajstić information content (AvgIpc) is 3.31. The SMILES string of the molecule is Cc1cc2c3c(ccc4ccc(-c5ccccc5)c(c43)C/C2=C2/Cc3ccccc3C2=C(C#N)C#N)c1. The van der Waals surface area contributed by atoms with E-state index in [9.17, 15) is 10.5 Å². The molecule has 0 heterocycles. The van der Waals surface area contributed by atoms with Gasteiger partial charge in [-0.15, -0.1) is 0 Å². The minimum absolute atomic E-state index is 0.191. The van der Waals surface area contributed by atoms with E-state index in [1.54, 1.807) is 0 Å². The molecule has 0 saturated heterocycles. The summed E-state index contributed by atoms with van der Waals surface area (Å²) in [5.74, 6) is 0. The first kappa shape index (κ1) is 21.4. The van der Waals surface area contributed by atoms with Crippen molar-refractivity contribution in [1.82, 2.24) is 0 Å². The number of rotatable bonds is 1. The van der Waals surface area contributed by atoms with Crippen LogP contribution in [0.1, 0.15) is 27.8 Å². The highest BCUT2D eigenvalue weighted by molar-refractivity contribution is 6.19. The molecule has 172 valence electrons. The Morgan fingerprint density at radius 2 is 1.38 bits per heavy atom. The van der Waals surface area contributed by atoms with E-state index in [2.05, 4.69) is 91.9 Å². The Morgan fingerprint density at radius 3 is 2.19 bits per heavy atom. The molecule has 2 nitrogen and oxygen atoms in total. The Bertz CT molecular complexity index is 1920. The van der Waals surface area contributed by atoms with E-state index in [-0.39, 0.29) is 5.57 Å². The summed E-state index contributed by atoms with van der Waals surface area (Å²) in [6, 6.07) is 36.7. The van der Waals surface area contributed by atoms with Gasteiger partial charge in [0.25, 0.3) is 0 Å². The van der Waals surface area contributed by atoms with Crippen LogP contribution in [0.4, 0.5) is 0 Å². The molecule has 2 aliphatic carbocycles. The number of nitrogens with zero attached hydrogens (tertiary/aromatic N) is 2. The first-order valence-corrected chi connectivity index (χ1v) is 12.6. The summed E-state index contributed by atoms with van der Waals surface area (Å²) in [4.78, 5) is 0. The van der Waals surface area contributed by atoms with Gasteiger partial charge in [-0.3, -0.25) is 0 Å². The van der Waals surface area contributed by atoms with Crippen LogP contribution >= 0.6 is 0 Å². The molecule has 0 atom stereocenters. The van der Waals surface area contributed by atoms with E-state index in [1.165, 1.54) is 60.5 Å². The second-order valence-electron chi connectivity index (χ2n) is 9.97. The summed E-state index contributed by atoms with van der Waals surface area (Å²) in [6.45, 7) is 2.15. The predicted octanol–water partition coefficient (Wildman–Crippen LogP) is 8.34. The maximum Gasteiger partial charge on any atom is 0.137 e. The van der Waals surface area contributed by atoms with Crippen molar-refractivity contribution >= 4 is 32.7 Å². The quantitative estimate of drug-likeness (QED) is 0.183. The van der Waals surface area contributed by atoms with Crippen molar-refractivity contribution in [2.45, 2.75) is 19.8 Å². The Kier molecular flexibility index (Phi) is 4.65. The minimum atomic E-state index is 0.191. The van der Waals surface area contributed by atoms with Crippen LogP contribution in [-0.2, 0) is 12.8 Å². The van der Waals surface area contributed by atoms with Gasteiger partial charge in [-0.2, -0.15) is 10.5 Å². The molecule has 2 aliphatic rings. The Balaban J connectivity index is 1.64. The average molecular weight is 471 g/mol. The van der Waals surface area contributed by atoms with Gasteiger partial charge in [0.2, 0.25) is 0 Å². The third-order valence-corrected chi connectivity index (χ3v) is 7.91. The lowest BCUT2D eigenvalue weighted by Gasteiger charge is -2.26. The second kappa shape index (κ2) is 8.06. The van der Waals surface area contributed by atoms with Gasteiger partial charge >= 0.3 is 0 Å². The molecule has 0 amide bonds. The van der Waals surface area contributed by atoms with Crippen molar-refractivity contribution < 1.29 is 0 Å². The van der Waals surface area contributed by atoms with Gasteiger partial charge in [0.1, 0.15) is 17.7 Å². The predicted molar refractivity (Wildman–Crippen MR) is 151 cm³/mol. The smallest absolute Gasteiger partial charge is 0.137 e. The van der Waals surface area contributed by atoms with Crippen molar-refractivity contribution in [3.05, 3.63) is 130 Å². The van der Waals surface area contributed by atoms with Crippen molar-refractivity contribution in [3.8, 4) is 23.3 Å². The van der Waals surface area contributed by atoms with Crippen LogP contribution in [0.25, 0.3) is 43.8 Å². The van der Waals surface area contributed by atoms with E-state index in [0.29, 0.717) is 0 Å². The van der Waals surface area contributed by atoms with Gasteiger partial charge in [-0.05, 0) is 91.4 Å². The zero-order valence-electron chi connectivity index (χ0n) is 20.5. The summed E-state index contributed by atoms with van der Waals surface area (Å²) >= 11 is 0. The van der Waals surface area contributed by atoms with Crippen molar-refractivity contribution in [2.75, 3.05) is 0 Å². The van der Waals surface area contributed by atoms with Crippen LogP contribution < -0.4 is 0 Å². The monoisotopic (exact) mass is 470 g/mol. The molecule has 2 heteroatoms. The molecule has 0 unspecified atom stereocenters. The van der Waals surface area contributed by atoms with Crippen molar-refractivity contribution in [2.24, 2.45) is 0 Å². The highest BCUT2D eigenvalue weighted by atomic mass is 14.4. The van der Waals surface area contributed by atoms with Gasteiger partial charge in [0, 0.05) is 5.57 Å². The molecular formula is C35H22N2. The van der Waals surface area contributed by atoms with Gasteiger partial charge in [0.05, 0.1) is 0 Å². The number of nitriles is 2. The topological polar surface area (TPSA) is 47.6 Å². The van der Waals surface area contributed by atoms with Gasteiger partial charge in [0.15, 0.2) is 0 Å². The van der Waals surface area contributed by atoms with Crippen LogP contribution in [0, 0.1) is 29.6 Å². The molecule has 5 aromatic rings. The number of allylic oxidation sites excluding steroid dienone is 4. The van der Waals surface area contributed by atoms with Crippen LogP contribution in [0.15, 0.2) is 102 Å². The fraction of sp³-hybridized carbons (Fsp3) is 0.0857. The van der Waals surface area contributed by atoms with E-state index in [4.69, 9.17) is 0 Å². The van der Waals surface area contributed by atoms with E-state index in [1.807, 2.05) is 18.2 Å². The molecule has 0 bridgehead atoms. The van der Waals surface area contributed by atoms with E-state index < -0.39 is 0 Å². The summed E-state index contributed by atoms with van der Waals surface area (Å²) in [5, 5.41) is 25.0. The second-order valence-corrected chi connectivity index (χ2v) is 9.97. The molecule has 0 spiro atoms. The summed E-state index contributed by atoms with van der Waals surface area (Å²) in [5.41, 5.74) is 11.7. The molecule has 37 heavy (non-hydrogen) atoms. The van der Waals surface area contributed by atoms with Crippen LogP contribution in [-0.4, -0.2) is 0 Å². The van der Waals surface area contributed by atoms with E-state index in [0.717, 1.165) is 29.6 Å². The van der Waals surface area contributed by atoms with Crippen molar-refractivity contribution in [3.63, 3.8) is 0 Å². The standard InChI is InChI=1S/C35H22N2/c1-21-15-25-12-11-23-13-14-27(22-7-3-2-4-8-22)32-18-29(30(16-21)35(25)34(23)32)31-17-24-9-5-6-10-28(24)33(31)26(19-36)20-37/h2-16H,17-18H2,1H3/b31-29+. The molecule has 0 saturated carbocycles. The molecule has 5 aromatic carbocycles. The van der Waals surface area contributed by atoms with Gasteiger partial charge in [-0.25, -0.2) is 0 Å². The molecule has 0 aliphatic heterocycles. The lowest BCUT2D eigenvalue weighted by Crippen LogP contribution is -2.07. The first-order valence-electron chi connectivity index (χ1n) is 12.6. The van der Waals surface area contributed by atoms with Crippen LogP contribution in [0.5, 0.6) is 0 Å². The molecular weight excluding hydrogens is 448 g/mol. The molecule has 0 aromatic heterocycles. The molecule has 0 fully saturated rings. The summed E-state index contributed by atoms with van der Waals surface area (Å²) in [7, 11) is 0. The fourth-order valence-corrected chi connectivity index (χ4v) is 6.40. The van der Waals surface area contributed by atoms with E-state index >= 15 is 0 Å². The first-order chi connectivity index (χ1) is 18.2. The zero-order valence-corrected chi connectivity index (χ0v) is 20.5. The Labute approximate surface area is 216 Å². The lowest BCUT2D eigenvalue weighted by molar-refractivity contribution is 1.21. The summed E-state index contributed by atoms with van der Waals surface area (Å²) in [6.07, 6.45) is 1.48. The fourth-order valence-electron chi connectivity index (χ4n) is 6.40. The largest absolute Gasteiger partial charge is 0.192 e. The Morgan fingerprint density at radius 1 is 0.649 bits per heavy atom. The summed E-state index contributed by atoms with van der Waals surface area (Å²) < 4.78 is 0. The highest BCUT2D eigenvalue weighted by Gasteiger charge is 2.31. The number of hydrogen-bond acceptors (Lipinski definition) is 2. The zero-order chi connectivity index (χ0) is 25.1. The maximum atomic E-state index is 9.95. The van der Waals surface area contributed by atoms with Crippen LogP contribution in [0.2, 0.25) is 0 Å². The molecule has 0 radical (unpaired) electrons. The normalized spacial score (nSPS) is 15.6. The van der Waals surface area contributed by atoms with Crippen molar-refractivity contribution in [1.29, 1.82) is 10.5 Å². The Hall–Kier alpha value is -4.92. The lowest BCUT2D eigenvalue weighted by atomic mass is 9.77. The number of aryl methyl sites for hydroxylation is 1. The van der Waals surface area contributed by atoms with Crippen LogP contribution in [0.3, 0.4) is 0 Å². The number of fused-ring (bicyclic) bond motifs is 1. The molecule has 0 N–H and O–H groups in total. The number of hydrogen-bond donors (Lipinski definition) is 0. The van der Waals surface area contributed by atoms with Gasteiger partial charge < -0.3 is 0 Å².